The van der Waals surface area contributed by atoms with E-state index in [1.807, 2.05) is 38.8 Å². The van der Waals surface area contributed by atoms with Crippen molar-refractivity contribution < 1.29 is 9.13 Å². The zero-order valence-electron chi connectivity index (χ0n) is 17.1. The van der Waals surface area contributed by atoms with E-state index >= 15 is 0 Å². The predicted octanol–water partition coefficient (Wildman–Crippen LogP) is 5.16. The molecule has 142 valence electrons. The summed E-state index contributed by atoms with van der Waals surface area (Å²) in [5, 5.41) is 1.99. The third-order valence-corrected chi connectivity index (χ3v) is 22.6. The molecule has 2 rings (SSSR count). The van der Waals surface area contributed by atoms with Crippen molar-refractivity contribution in [1.29, 1.82) is 0 Å². The summed E-state index contributed by atoms with van der Waals surface area (Å²) in [5.41, 5.74) is 0. The van der Waals surface area contributed by atoms with Crippen molar-refractivity contribution in [2.24, 2.45) is 0 Å². The molecule has 2 aromatic carbocycles. The summed E-state index contributed by atoms with van der Waals surface area (Å²) in [6.45, 7) is 14.0. The molecule has 0 bridgehead atoms. The maximum Gasteiger partial charge on any atom is 0.141 e. The van der Waals surface area contributed by atoms with E-state index in [0.717, 1.165) is 0 Å². The largest absolute Gasteiger partial charge is 0.324 e. The molecule has 0 amide bonds. The molecule has 0 heterocycles. The summed E-state index contributed by atoms with van der Waals surface area (Å²) in [6.07, 6.45) is 0. The van der Waals surface area contributed by atoms with Crippen LogP contribution in [0.1, 0.15) is 20.8 Å². The van der Waals surface area contributed by atoms with Gasteiger partial charge in [-0.3, -0.25) is 0 Å². The average Bonchev–Trinajstić information content (AvgIpc) is 2.50. The lowest BCUT2D eigenvalue weighted by atomic mass is 10.2. The van der Waals surface area contributed by atoms with Crippen LogP contribution in [0.25, 0.3) is 0 Å². The molecule has 0 N–H and O–H groups in total. The molecule has 0 fully saturated rings. The van der Waals surface area contributed by atoms with Crippen molar-refractivity contribution in [3.8, 4) is 0 Å². The van der Waals surface area contributed by atoms with Crippen LogP contribution in [0.3, 0.4) is 0 Å². The molecule has 0 saturated heterocycles. The second-order valence-electron chi connectivity index (χ2n) is 9.03. The molecule has 0 aliphatic carbocycles. The minimum absolute atomic E-state index is 0.149. The van der Waals surface area contributed by atoms with Gasteiger partial charge in [0.25, 0.3) is 0 Å². The summed E-state index contributed by atoms with van der Waals surface area (Å²) in [6, 6.07) is 20.9. The minimum atomic E-state index is -2.68. The van der Waals surface area contributed by atoms with Gasteiger partial charge < -0.3 is 9.13 Å². The summed E-state index contributed by atoms with van der Waals surface area (Å²) in [5.74, 6) is 0. The predicted molar refractivity (Wildman–Crippen MR) is 120 cm³/mol. The first kappa shape index (κ1) is 21.4. The van der Waals surface area contributed by atoms with Gasteiger partial charge >= 0.3 is 0 Å². The maximum absolute atomic E-state index is 13.7. The van der Waals surface area contributed by atoms with E-state index in [2.05, 4.69) is 69.3 Å². The van der Waals surface area contributed by atoms with Gasteiger partial charge in [-0.15, -0.1) is 0 Å². The lowest BCUT2D eigenvalue weighted by molar-refractivity contribution is 0.572. The van der Waals surface area contributed by atoms with Crippen LogP contribution in [-0.2, 0) is 9.13 Å². The zero-order chi connectivity index (χ0) is 19.8. The van der Waals surface area contributed by atoms with E-state index < -0.39 is 22.4 Å². The Balaban J connectivity index is 3.07. The highest BCUT2D eigenvalue weighted by Crippen LogP contribution is 2.67. The lowest BCUT2D eigenvalue weighted by Crippen LogP contribution is -2.71. The monoisotopic (exact) mass is 406 g/mol. The SMILES string of the molecule is CC(C)(C)[Si](c1ccccc1)(c1ccccc1)C(P(C)(C)=O)P(C)(C)=O. The van der Waals surface area contributed by atoms with Crippen molar-refractivity contribution in [3.05, 3.63) is 60.7 Å². The topological polar surface area (TPSA) is 34.1 Å². The lowest BCUT2D eigenvalue weighted by Gasteiger charge is -2.51. The van der Waals surface area contributed by atoms with Gasteiger partial charge in [-0.1, -0.05) is 91.8 Å². The van der Waals surface area contributed by atoms with E-state index in [-0.39, 0.29) is 10.1 Å². The summed E-state index contributed by atoms with van der Waals surface area (Å²) in [4.78, 5) is 0. The number of rotatable bonds is 5. The zero-order valence-corrected chi connectivity index (χ0v) is 19.9. The van der Waals surface area contributed by atoms with Crippen LogP contribution >= 0.6 is 14.3 Å². The van der Waals surface area contributed by atoms with E-state index in [0.29, 0.717) is 0 Å². The van der Waals surface area contributed by atoms with E-state index in [1.54, 1.807) is 0 Å². The average molecular weight is 407 g/mol. The Bertz CT molecular complexity index is 768. The third kappa shape index (κ3) is 3.86. The van der Waals surface area contributed by atoms with Gasteiger partial charge in [-0.2, -0.15) is 0 Å². The second-order valence-corrected chi connectivity index (χ2v) is 22.0. The Morgan fingerprint density at radius 3 is 1.23 bits per heavy atom. The first-order valence-electron chi connectivity index (χ1n) is 9.03. The van der Waals surface area contributed by atoms with Crippen LogP contribution in [-0.4, -0.2) is 39.8 Å². The van der Waals surface area contributed by atoms with Crippen molar-refractivity contribution in [2.75, 3.05) is 26.7 Å². The Morgan fingerprint density at radius 2 is 1.00 bits per heavy atom. The molecule has 0 spiro atoms. The van der Waals surface area contributed by atoms with Crippen LogP contribution in [0, 0.1) is 0 Å². The van der Waals surface area contributed by atoms with E-state index in [1.165, 1.54) is 10.4 Å². The summed E-state index contributed by atoms with van der Waals surface area (Å²) >= 11 is 0. The first-order valence-corrected chi connectivity index (χ1v) is 16.4. The van der Waals surface area contributed by atoms with Crippen LogP contribution in [0.2, 0.25) is 5.04 Å². The molecular weight excluding hydrogens is 374 g/mol. The smallest absolute Gasteiger partial charge is 0.141 e. The van der Waals surface area contributed by atoms with Gasteiger partial charge in [0.1, 0.15) is 8.07 Å². The fourth-order valence-corrected chi connectivity index (χ4v) is 26.5. The van der Waals surface area contributed by atoms with Gasteiger partial charge in [0.2, 0.25) is 0 Å². The Labute approximate surface area is 160 Å². The van der Waals surface area contributed by atoms with Gasteiger partial charge in [0.05, 0.1) is 19.3 Å². The van der Waals surface area contributed by atoms with Crippen molar-refractivity contribution in [2.45, 2.75) is 30.8 Å². The number of benzene rings is 2. The molecule has 0 radical (unpaired) electrons. The van der Waals surface area contributed by atoms with Gasteiger partial charge in [-0.25, -0.2) is 0 Å². The molecule has 26 heavy (non-hydrogen) atoms. The quantitative estimate of drug-likeness (QED) is 0.508. The molecule has 2 nitrogen and oxygen atoms in total. The molecule has 0 aliphatic heterocycles. The summed E-state index contributed by atoms with van der Waals surface area (Å²) in [7, 11) is -7.97. The summed E-state index contributed by atoms with van der Waals surface area (Å²) < 4.78 is 27.3. The standard InChI is InChI=1S/C21H32O2P2Si/c1-21(2,3)26(18-14-10-8-11-15-18,19-16-12-9-13-17-19)20(24(4,5)22)25(6,7)23/h8-17,20H,1-7H3. The maximum atomic E-state index is 13.7. The highest BCUT2D eigenvalue weighted by Gasteiger charge is 2.60. The van der Waals surface area contributed by atoms with Crippen LogP contribution in [0.4, 0.5) is 0 Å². The Hall–Kier alpha value is -0.883. The van der Waals surface area contributed by atoms with Crippen LogP contribution in [0.15, 0.2) is 60.7 Å². The normalized spacial score (nSPS) is 13.8. The van der Waals surface area contributed by atoms with Gasteiger partial charge in [0, 0.05) is 0 Å². The molecule has 0 atom stereocenters. The Kier molecular flexibility index (Phi) is 5.98. The van der Waals surface area contributed by atoms with E-state index in [4.69, 9.17) is 0 Å². The Morgan fingerprint density at radius 1 is 0.692 bits per heavy atom. The minimum Gasteiger partial charge on any atom is -0.324 e. The molecule has 0 aromatic heterocycles. The third-order valence-electron chi connectivity index (χ3n) is 5.21. The first-order chi connectivity index (χ1) is 11.8. The van der Waals surface area contributed by atoms with Crippen molar-refractivity contribution in [3.63, 3.8) is 0 Å². The molecule has 0 saturated carbocycles. The van der Waals surface area contributed by atoms with Gasteiger partial charge in [0.15, 0.2) is 0 Å². The molecule has 0 aliphatic rings. The second kappa shape index (κ2) is 7.27. The fourth-order valence-electron chi connectivity index (χ4n) is 4.72. The van der Waals surface area contributed by atoms with Crippen molar-refractivity contribution in [1.82, 2.24) is 0 Å². The van der Waals surface area contributed by atoms with Crippen LogP contribution in [0.5, 0.6) is 0 Å². The highest BCUT2D eigenvalue weighted by molar-refractivity contribution is 7.85. The molecule has 5 heteroatoms. The van der Waals surface area contributed by atoms with Crippen molar-refractivity contribution >= 4 is 32.7 Å². The highest BCUT2D eigenvalue weighted by atomic mass is 31.2. The molecule has 2 aromatic rings. The van der Waals surface area contributed by atoms with Gasteiger partial charge in [-0.05, 0) is 31.7 Å². The number of hydrogen-bond acceptors (Lipinski definition) is 2. The molecular formula is C21H32O2P2Si. The fraction of sp³-hybridized carbons (Fsp3) is 0.429. The molecule has 0 unspecified atom stereocenters. The number of hydrogen-bond donors (Lipinski definition) is 0. The van der Waals surface area contributed by atoms with E-state index in [9.17, 15) is 9.13 Å². The van der Waals surface area contributed by atoms with Crippen LogP contribution < -0.4 is 10.4 Å².